The Morgan fingerprint density at radius 3 is 3.00 bits per heavy atom. The van der Waals surface area contributed by atoms with Gasteiger partial charge in [-0.25, -0.2) is 0 Å². The minimum atomic E-state index is -2.35. The van der Waals surface area contributed by atoms with Crippen LogP contribution in [0.1, 0.15) is 16.8 Å². The van der Waals surface area contributed by atoms with Crippen LogP contribution >= 0.6 is 6.57 Å². The molecule has 3 rings (SSSR count). The van der Waals surface area contributed by atoms with Gasteiger partial charge in [0.15, 0.2) is 0 Å². The number of nitrogens with zero attached hydrogens (tertiary/aromatic N) is 2. The van der Waals surface area contributed by atoms with Gasteiger partial charge in [-0.2, -0.15) is 0 Å². The Bertz CT molecular complexity index is 534. The number of rotatable bonds is 0. The van der Waals surface area contributed by atoms with Crippen molar-refractivity contribution < 1.29 is 9.32 Å². The quantitative estimate of drug-likeness (QED) is 0.675. The van der Waals surface area contributed by atoms with Crippen molar-refractivity contribution in [2.45, 2.75) is 6.42 Å². The number of para-hydroxylation sites is 1. The van der Waals surface area contributed by atoms with Gasteiger partial charge >= 0.3 is 0 Å². The van der Waals surface area contributed by atoms with E-state index in [1.54, 1.807) is 11.7 Å². The normalized spacial score (nSPS) is 27.7. The Kier molecular flexibility index (Phi) is 2.51. The van der Waals surface area contributed by atoms with E-state index >= 15 is 0 Å². The average Bonchev–Trinajstić information content (AvgIpc) is 2.36. The Morgan fingerprint density at radius 2 is 2.18 bits per heavy atom. The standard InChI is InChI=1S/C11H13N2O2PS/c1-12-11(14)9-5-2-3-6-10(9)13-7-4-8-15-16(12,13)17/h2-3,5-6H,4,7-8H2,1H3. The summed E-state index contributed by atoms with van der Waals surface area (Å²) in [6.07, 6.45) is 0.953. The molecule has 1 fully saturated rings. The van der Waals surface area contributed by atoms with Crippen molar-refractivity contribution in [2.24, 2.45) is 0 Å². The summed E-state index contributed by atoms with van der Waals surface area (Å²) in [5.41, 5.74) is 1.65. The first kappa shape index (κ1) is 11.2. The highest BCUT2D eigenvalue weighted by Gasteiger charge is 2.43. The molecule has 1 atom stereocenters. The molecular formula is C11H13N2O2PS. The highest BCUT2D eigenvalue weighted by Crippen LogP contribution is 2.61. The molecule has 1 saturated heterocycles. The van der Waals surface area contributed by atoms with Crippen molar-refractivity contribution in [3.05, 3.63) is 29.8 Å². The summed E-state index contributed by atoms with van der Waals surface area (Å²) in [5.74, 6) is -0.0258. The molecular weight excluding hydrogens is 255 g/mol. The molecule has 0 spiro atoms. The maximum absolute atomic E-state index is 12.3. The van der Waals surface area contributed by atoms with Gasteiger partial charge in [0.05, 0.1) is 17.9 Å². The number of anilines is 1. The van der Waals surface area contributed by atoms with Crippen LogP contribution in [-0.2, 0) is 16.3 Å². The van der Waals surface area contributed by atoms with Crippen LogP contribution in [0.25, 0.3) is 0 Å². The van der Waals surface area contributed by atoms with Gasteiger partial charge in [0.25, 0.3) is 12.5 Å². The maximum Gasteiger partial charge on any atom is 0.262 e. The summed E-state index contributed by atoms with van der Waals surface area (Å²) in [4.78, 5) is 12.3. The lowest BCUT2D eigenvalue weighted by molar-refractivity contribution is 0.0865. The van der Waals surface area contributed by atoms with Gasteiger partial charge in [0.1, 0.15) is 0 Å². The highest BCUT2D eigenvalue weighted by atomic mass is 32.5. The third-order valence-corrected chi connectivity index (χ3v) is 7.29. The minimum Gasteiger partial charge on any atom is -0.318 e. The van der Waals surface area contributed by atoms with Gasteiger partial charge in [0, 0.05) is 13.6 Å². The van der Waals surface area contributed by atoms with E-state index in [2.05, 4.69) is 4.67 Å². The van der Waals surface area contributed by atoms with E-state index < -0.39 is 6.57 Å². The fraction of sp³-hybridized carbons (Fsp3) is 0.364. The minimum absolute atomic E-state index is 0.0258. The van der Waals surface area contributed by atoms with Crippen LogP contribution in [0.4, 0.5) is 5.69 Å². The second-order valence-electron chi connectivity index (χ2n) is 4.15. The first-order valence-corrected chi connectivity index (χ1v) is 8.17. The predicted molar refractivity (Wildman–Crippen MR) is 70.7 cm³/mol. The van der Waals surface area contributed by atoms with Crippen molar-refractivity contribution in [2.75, 3.05) is 24.9 Å². The zero-order valence-electron chi connectivity index (χ0n) is 9.50. The molecule has 0 saturated carbocycles. The van der Waals surface area contributed by atoms with Crippen LogP contribution in [0, 0.1) is 0 Å². The Balaban J connectivity index is 2.21. The zero-order valence-corrected chi connectivity index (χ0v) is 11.2. The number of benzene rings is 1. The van der Waals surface area contributed by atoms with E-state index in [-0.39, 0.29) is 5.91 Å². The molecule has 1 aromatic carbocycles. The fourth-order valence-corrected chi connectivity index (χ4v) is 5.40. The summed E-state index contributed by atoms with van der Waals surface area (Å²) < 4.78 is 9.48. The lowest BCUT2D eigenvalue weighted by Crippen LogP contribution is -2.42. The monoisotopic (exact) mass is 268 g/mol. The number of hydrogen-bond donors (Lipinski definition) is 0. The molecule has 1 amide bonds. The molecule has 0 radical (unpaired) electrons. The first-order chi connectivity index (χ1) is 8.14. The van der Waals surface area contributed by atoms with E-state index in [1.165, 1.54) is 0 Å². The number of carbonyl (C=O) groups is 1. The topological polar surface area (TPSA) is 32.8 Å². The third kappa shape index (κ3) is 1.46. The predicted octanol–water partition coefficient (Wildman–Crippen LogP) is 2.22. The Labute approximate surface area is 105 Å². The van der Waals surface area contributed by atoms with E-state index in [4.69, 9.17) is 16.3 Å². The van der Waals surface area contributed by atoms with Crippen molar-refractivity contribution in [1.29, 1.82) is 0 Å². The van der Waals surface area contributed by atoms with Gasteiger partial charge < -0.3 is 9.19 Å². The van der Waals surface area contributed by atoms with E-state index in [0.29, 0.717) is 6.61 Å². The summed E-state index contributed by atoms with van der Waals surface area (Å²) in [5, 5.41) is 0. The molecule has 0 aliphatic carbocycles. The van der Waals surface area contributed by atoms with Gasteiger partial charge in [-0.05, 0) is 30.4 Å². The lowest BCUT2D eigenvalue weighted by Gasteiger charge is -2.47. The van der Waals surface area contributed by atoms with E-state index in [1.807, 2.05) is 24.3 Å². The molecule has 2 aliphatic rings. The van der Waals surface area contributed by atoms with E-state index in [0.717, 1.165) is 24.2 Å². The SMILES string of the molecule is CN1C(=O)c2ccccc2N2CCCOP12=S. The second-order valence-corrected chi connectivity index (χ2v) is 7.90. The maximum atomic E-state index is 12.3. The molecule has 0 bridgehead atoms. The third-order valence-electron chi connectivity index (χ3n) is 3.16. The molecule has 17 heavy (non-hydrogen) atoms. The molecule has 2 heterocycles. The first-order valence-electron chi connectivity index (χ1n) is 5.55. The molecule has 0 N–H and O–H groups in total. The van der Waals surface area contributed by atoms with Crippen LogP contribution in [0.5, 0.6) is 0 Å². The molecule has 90 valence electrons. The van der Waals surface area contributed by atoms with Crippen molar-refractivity contribution in [1.82, 2.24) is 4.67 Å². The molecule has 0 aromatic heterocycles. The van der Waals surface area contributed by atoms with Crippen molar-refractivity contribution in [3.63, 3.8) is 0 Å². The van der Waals surface area contributed by atoms with Crippen LogP contribution in [0.2, 0.25) is 0 Å². The summed E-state index contributed by atoms with van der Waals surface area (Å²) in [6.45, 7) is -0.833. The number of amides is 1. The summed E-state index contributed by atoms with van der Waals surface area (Å²) >= 11 is 5.62. The number of fused-ring (bicyclic) bond motifs is 3. The average molecular weight is 268 g/mol. The molecule has 1 aromatic rings. The van der Waals surface area contributed by atoms with Crippen molar-refractivity contribution >= 4 is 30.0 Å². The van der Waals surface area contributed by atoms with Gasteiger partial charge in [-0.3, -0.25) is 9.46 Å². The number of hydrogen-bond acceptors (Lipinski definition) is 3. The summed E-state index contributed by atoms with van der Waals surface area (Å²) in [7, 11) is 1.75. The molecule has 4 nitrogen and oxygen atoms in total. The van der Waals surface area contributed by atoms with Crippen LogP contribution in [0.3, 0.4) is 0 Å². The largest absolute Gasteiger partial charge is 0.318 e. The van der Waals surface area contributed by atoms with E-state index in [9.17, 15) is 4.79 Å². The zero-order chi connectivity index (χ0) is 12.0. The van der Waals surface area contributed by atoms with Crippen molar-refractivity contribution in [3.8, 4) is 0 Å². The Hall–Kier alpha value is -0.900. The van der Waals surface area contributed by atoms with Gasteiger partial charge in [-0.1, -0.05) is 12.1 Å². The lowest BCUT2D eigenvalue weighted by atomic mass is 10.1. The van der Waals surface area contributed by atoms with Crippen LogP contribution in [-0.4, -0.2) is 30.8 Å². The molecule has 6 heteroatoms. The van der Waals surface area contributed by atoms with Gasteiger partial charge in [-0.15, -0.1) is 0 Å². The molecule has 1 unspecified atom stereocenters. The second kappa shape index (κ2) is 3.80. The molecule has 2 aliphatic heterocycles. The number of carbonyl (C=O) groups excluding carboxylic acids is 1. The Morgan fingerprint density at radius 1 is 1.41 bits per heavy atom. The highest BCUT2D eigenvalue weighted by molar-refractivity contribution is 8.12. The smallest absolute Gasteiger partial charge is 0.262 e. The van der Waals surface area contributed by atoms with Gasteiger partial charge in [0.2, 0.25) is 0 Å². The fourth-order valence-electron chi connectivity index (χ4n) is 2.27. The van der Waals surface area contributed by atoms with Crippen LogP contribution < -0.4 is 4.67 Å². The van der Waals surface area contributed by atoms with Crippen LogP contribution in [0.15, 0.2) is 24.3 Å². The summed E-state index contributed by atoms with van der Waals surface area (Å²) in [6, 6.07) is 7.62.